The number of ether oxygens (including phenoxy) is 1. The van der Waals surface area contributed by atoms with Crippen molar-refractivity contribution in [2.45, 2.75) is 13.5 Å². The summed E-state index contributed by atoms with van der Waals surface area (Å²) in [7, 11) is 0. The van der Waals surface area contributed by atoms with Crippen molar-refractivity contribution in [1.82, 2.24) is 4.57 Å². The average molecular weight is 377 g/mol. The maximum Gasteiger partial charge on any atom is 0.194 e. The standard InChI is InChI=1S/C16H12F2NO2.Y/c1-3-8-21-11-9-12(17)16(13(18)10-11)14-6-5-7-15(20)19(14)4-2;/h1,5,7,9-10H,4,8H2,2H3;/q-1;. The summed E-state index contributed by atoms with van der Waals surface area (Å²) >= 11 is 0. The summed E-state index contributed by atoms with van der Waals surface area (Å²) in [5.41, 5.74) is -0.608. The summed E-state index contributed by atoms with van der Waals surface area (Å²) in [4.78, 5) is 11.7. The quantitative estimate of drug-likeness (QED) is 0.606. The Labute approximate surface area is 152 Å². The number of pyridine rings is 1. The fraction of sp³-hybridized carbons (Fsp3) is 0.188. The number of rotatable bonds is 4. The van der Waals surface area contributed by atoms with Crippen LogP contribution >= 0.6 is 0 Å². The van der Waals surface area contributed by atoms with E-state index in [1.165, 1.54) is 16.7 Å². The summed E-state index contributed by atoms with van der Waals surface area (Å²) < 4.78 is 34.6. The fourth-order valence-electron chi connectivity index (χ4n) is 1.98. The molecule has 0 saturated carbocycles. The predicted octanol–water partition coefficient (Wildman–Crippen LogP) is 2.62. The van der Waals surface area contributed by atoms with Crippen LogP contribution in [0, 0.1) is 30.0 Å². The molecule has 0 atom stereocenters. The van der Waals surface area contributed by atoms with Gasteiger partial charge in [-0.15, -0.1) is 6.42 Å². The smallest absolute Gasteiger partial charge is 0.194 e. The monoisotopic (exact) mass is 377 g/mol. The molecule has 0 saturated heterocycles. The van der Waals surface area contributed by atoms with Gasteiger partial charge < -0.3 is 9.30 Å². The van der Waals surface area contributed by atoms with Gasteiger partial charge in [0.25, 0.3) is 0 Å². The number of halogens is 2. The SMILES string of the molecule is C#CCOc1cc(F)c(-c2[c-]ccc(=O)n2CC)c(F)c1.[Y]. The van der Waals surface area contributed by atoms with Crippen LogP contribution in [-0.2, 0) is 39.3 Å². The summed E-state index contributed by atoms with van der Waals surface area (Å²) in [6.07, 6.45) is 5.02. The first-order valence-corrected chi connectivity index (χ1v) is 6.25. The number of aromatic nitrogens is 1. The Kier molecular flexibility index (Phi) is 6.92. The van der Waals surface area contributed by atoms with Gasteiger partial charge in [0.15, 0.2) is 5.56 Å². The molecule has 0 aliphatic carbocycles. The molecular formula is C16H12F2NO2Y-. The third kappa shape index (κ3) is 3.82. The van der Waals surface area contributed by atoms with Gasteiger partial charge >= 0.3 is 0 Å². The molecule has 2 aromatic rings. The van der Waals surface area contributed by atoms with Crippen LogP contribution in [-0.4, -0.2) is 11.2 Å². The zero-order valence-electron chi connectivity index (χ0n) is 11.9. The van der Waals surface area contributed by atoms with Gasteiger partial charge in [-0.2, -0.15) is 12.1 Å². The van der Waals surface area contributed by atoms with Crippen molar-refractivity contribution in [1.29, 1.82) is 0 Å². The Morgan fingerprint density at radius 3 is 2.55 bits per heavy atom. The van der Waals surface area contributed by atoms with Crippen LogP contribution in [0.25, 0.3) is 11.3 Å². The van der Waals surface area contributed by atoms with E-state index in [2.05, 4.69) is 12.0 Å². The molecule has 0 aliphatic heterocycles. The van der Waals surface area contributed by atoms with E-state index >= 15 is 0 Å². The zero-order chi connectivity index (χ0) is 15.4. The second-order valence-corrected chi connectivity index (χ2v) is 4.16. The van der Waals surface area contributed by atoms with E-state index in [0.29, 0.717) is 0 Å². The molecule has 111 valence electrons. The second kappa shape index (κ2) is 8.21. The molecule has 0 aliphatic rings. The Morgan fingerprint density at radius 2 is 2.00 bits per heavy atom. The van der Waals surface area contributed by atoms with E-state index in [1.54, 1.807) is 6.92 Å². The normalized spacial score (nSPS) is 9.73. The number of benzene rings is 1. The molecule has 22 heavy (non-hydrogen) atoms. The molecule has 1 radical (unpaired) electrons. The minimum atomic E-state index is -0.842. The molecule has 0 spiro atoms. The third-order valence-corrected chi connectivity index (χ3v) is 2.87. The van der Waals surface area contributed by atoms with Crippen LogP contribution in [0.1, 0.15) is 6.92 Å². The maximum absolute atomic E-state index is 14.2. The first-order chi connectivity index (χ1) is 10.1. The van der Waals surface area contributed by atoms with Gasteiger partial charge in [0.2, 0.25) is 0 Å². The van der Waals surface area contributed by atoms with Crippen LogP contribution in [0.2, 0.25) is 0 Å². The molecule has 1 aromatic carbocycles. The first-order valence-electron chi connectivity index (χ1n) is 6.25. The molecule has 1 aromatic heterocycles. The van der Waals surface area contributed by atoms with Crippen molar-refractivity contribution in [2.75, 3.05) is 6.61 Å². The van der Waals surface area contributed by atoms with Gasteiger partial charge in [0, 0.05) is 51.4 Å². The van der Waals surface area contributed by atoms with Gasteiger partial charge in [-0.25, -0.2) is 8.78 Å². The fourth-order valence-corrected chi connectivity index (χ4v) is 1.98. The van der Waals surface area contributed by atoms with Gasteiger partial charge in [-0.3, -0.25) is 4.79 Å². The van der Waals surface area contributed by atoms with Crippen molar-refractivity contribution < 1.29 is 46.2 Å². The van der Waals surface area contributed by atoms with Crippen molar-refractivity contribution in [2.24, 2.45) is 0 Å². The molecule has 6 heteroatoms. The molecule has 0 bridgehead atoms. The molecular weight excluding hydrogens is 365 g/mol. The largest absolute Gasteiger partial charge is 0.481 e. The van der Waals surface area contributed by atoms with Crippen LogP contribution in [0.5, 0.6) is 5.75 Å². The topological polar surface area (TPSA) is 31.2 Å². The van der Waals surface area contributed by atoms with Crippen LogP contribution in [0.4, 0.5) is 8.78 Å². The molecule has 0 unspecified atom stereocenters. The first kappa shape index (κ1) is 18.5. The number of hydrogen-bond donors (Lipinski definition) is 0. The van der Waals surface area contributed by atoms with Crippen molar-refractivity contribution >= 4 is 0 Å². The average Bonchev–Trinajstić information content (AvgIpc) is 2.44. The van der Waals surface area contributed by atoms with Crippen LogP contribution in [0.3, 0.4) is 0 Å². The number of terminal acetylenes is 1. The molecule has 0 fully saturated rings. The summed E-state index contributed by atoms with van der Waals surface area (Å²) in [5.74, 6) is 0.519. The summed E-state index contributed by atoms with van der Waals surface area (Å²) in [5, 5.41) is 0. The van der Waals surface area contributed by atoms with Crippen molar-refractivity contribution in [3.05, 3.63) is 52.3 Å². The Hall–Kier alpha value is -1.51. The van der Waals surface area contributed by atoms with E-state index in [-0.39, 0.29) is 68.4 Å². The number of nitrogens with zero attached hydrogens (tertiary/aromatic N) is 1. The van der Waals surface area contributed by atoms with Crippen molar-refractivity contribution in [3.8, 4) is 29.4 Å². The third-order valence-electron chi connectivity index (χ3n) is 2.87. The molecule has 0 amide bonds. The van der Waals surface area contributed by atoms with Gasteiger partial charge in [0.05, 0.1) is 11.6 Å². The van der Waals surface area contributed by atoms with Crippen LogP contribution in [0.15, 0.2) is 29.1 Å². The molecule has 3 nitrogen and oxygen atoms in total. The van der Waals surface area contributed by atoms with Gasteiger partial charge in [-0.1, -0.05) is 17.7 Å². The van der Waals surface area contributed by atoms with Crippen LogP contribution < -0.4 is 10.3 Å². The molecule has 1 heterocycles. The molecule has 0 N–H and O–H groups in total. The maximum atomic E-state index is 14.2. The van der Waals surface area contributed by atoms with Crippen molar-refractivity contribution in [3.63, 3.8) is 0 Å². The predicted molar refractivity (Wildman–Crippen MR) is 74.9 cm³/mol. The second-order valence-electron chi connectivity index (χ2n) is 4.16. The number of hydrogen-bond acceptors (Lipinski definition) is 2. The zero-order valence-corrected chi connectivity index (χ0v) is 14.7. The summed E-state index contributed by atoms with van der Waals surface area (Å²) in [6.45, 7) is 1.90. The minimum Gasteiger partial charge on any atom is -0.481 e. The van der Waals surface area contributed by atoms with E-state index in [0.717, 1.165) is 12.1 Å². The van der Waals surface area contributed by atoms with Gasteiger partial charge in [0.1, 0.15) is 12.4 Å². The Morgan fingerprint density at radius 1 is 1.36 bits per heavy atom. The van der Waals surface area contributed by atoms with E-state index < -0.39 is 11.6 Å². The Balaban J connectivity index is 0.00000242. The Bertz CT molecular complexity index is 742. The van der Waals surface area contributed by atoms with E-state index in [1.807, 2.05) is 0 Å². The van der Waals surface area contributed by atoms with E-state index in [9.17, 15) is 13.6 Å². The van der Waals surface area contributed by atoms with E-state index in [4.69, 9.17) is 11.2 Å². The minimum absolute atomic E-state index is 0. The van der Waals surface area contributed by atoms with Gasteiger partial charge in [-0.05, 0) is 12.5 Å². The summed E-state index contributed by atoms with van der Waals surface area (Å²) in [6, 6.07) is 7.38. The molecule has 2 rings (SSSR count).